The Labute approximate surface area is 190 Å². The van der Waals surface area contributed by atoms with Crippen LogP contribution in [0.25, 0.3) is 11.0 Å². The van der Waals surface area contributed by atoms with Crippen LogP contribution in [-0.2, 0) is 11.3 Å². The van der Waals surface area contributed by atoms with Crippen LogP contribution in [0.4, 0.5) is 0 Å². The van der Waals surface area contributed by atoms with Crippen LogP contribution in [0.5, 0.6) is 23.0 Å². The molecule has 0 bridgehead atoms. The molecule has 3 aromatic carbocycles. The Balaban J connectivity index is 1.54. The molecule has 7 heteroatoms. The van der Waals surface area contributed by atoms with E-state index in [4.69, 9.17) is 18.6 Å². The van der Waals surface area contributed by atoms with Crippen LogP contribution in [0.1, 0.15) is 21.7 Å². The average Bonchev–Trinajstić information content (AvgIpc) is 2.85. The monoisotopic (exact) mass is 446 g/mol. The fraction of sp³-hybridized carbons (Fsp3) is 0.154. The van der Waals surface area contributed by atoms with Gasteiger partial charge >= 0.3 is 5.97 Å². The number of carbonyl (C=O) groups excluding carboxylic acids is 1. The predicted octanol–water partition coefficient (Wildman–Crippen LogP) is 5.27. The molecule has 0 fully saturated rings. The van der Waals surface area contributed by atoms with Gasteiger partial charge in [0, 0.05) is 6.07 Å². The third-order valence-corrected chi connectivity index (χ3v) is 5.05. The molecule has 4 aromatic rings. The van der Waals surface area contributed by atoms with Crippen molar-refractivity contribution in [2.45, 2.75) is 13.5 Å². The summed E-state index contributed by atoms with van der Waals surface area (Å²) in [6.07, 6.45) is 0. The second-order valence-corrected chi connectivity index (χ2v) is 7.23. The quantitative estimate of drug-likeness (QED) is 0.358. The molecule has 0 saturated heterocycles. The summed E-state index contributed by atoms with van der Waals surface area (Å²) in [5, 5.41) is 0.374. The van der Waals surface area contributed by atoms with E-state index in [1.165, 1.54) is 7.11 Å². The van der Waals surface area contributed by atoms with Gasteiger partial charge in [0.25, 0.3) is 0 Å². The summed E-state index contributed by atoms with van der Waals surface area (Å²) in [7, 11) is 2.93. The lowest BCUT2D eigenvalue weighted by Crippen LogP contribution is -2.08. The third-order valence-electron chi connectivity index (χ3n) is 5.05. The largest absolute Gasteiger partial charge is 0.497 e. The van der Waals surface area contributed by atoms with Crippen LogP contribution in [0.3, 0.4) is 0 Å². The second kappa shape index (κ2) is 9.48. The normalized spacial score (nSPS) is 10.6. The van der Waals surface area contributed by atoms with Crippen LogP contribution in [0.15, 0.2) is 75.9 Å². The Hall–Kier alpha value is -4.26. The second-order valence-electron chi connectivity index (χ2n) is 7.23. The first-order valence-electron chi connectivity index (χ1n) is 10.2. The van der Waals surface area contributed by atoms with Gasteiger partial charge in [0.2, 0.25) is 11.2 Å². The maximum atomic E-state index is 13.0. The van der Waals surface area contributed by atoms with Crippen molar-refractivity contribution in [1.82, 2.24) is 0 Å². The molecule has 1 heterocycles. The molecule has 33 heavy (non-hydrogen) atoms. The predicted molar refractivity (Wildman–Crippen MR) is 122 cm³/mol. The maximum Gasteiger partial charge on any atom is 0.337 e. The van der Waals surface area contributed by atoms with E-state index >= 15 is 0 Å². The van der Waals surface area contributed by atoms with Crippen molar-refractivity contribution in [1.29, 1.82) is 0 Å². The standard InChI is InChI=1S/C26H22O7/c1-16-25(33-20-10-6-18(7-11-20)26(28)30-3)24(27)22-13-12-21(14-23(22)32-16)31-15-17-4-8-19(29-2)9-5-17/h4-14H,15H2,1-3H3. The third kappa shape index (κ3) is 4.82. The van der Waals surface area contributed by atoms with Gasteiger partial charge in [0.15, 0.2) is 0 Å². The highest BCUT2D eigenvalue weighted by Crippen LogP contribution is 2.28. The van der Waals surface area contributed by atoms with Crippen LogP contribution < -0.4 is 19.6 Å². The SMILES string of the molecule is COC(=O)c1ccc(Oc2c(C)oc3cc(OCc4ccc(OC)cc4)ccc3c2=O)cc1. The van der Waals surface area contributed by atoms with Crippen LogP contribution in [-0.4, -0.2) is 20.2 Å². The Morgan fingerprint density at radius 2 is 1.55 bits per heavy atom. The molecule has 168 valence electrons. The molecular formula is C26H22O7. The Morgan fingerprint density at radius 3 is 2.21 bits per heavy atom. The fourth-order valence-electron chi connectivity index (χ4n) is 3.26. The summed E-state index contributed by atoms with van der Waals surface area (Å²) in [5.74, 6) is 1.72. The van der Waals surface area contributed by atoms with Gasteiger partial charge in [-0.25, -0.2) is 4.79 Å². The van der Waals surface area contributed by atoms with Gasteiger partial charge in [-0.05, 0) is 61.0 Å². The van der Waals surface area contributed by atoms with Gasteiger partial charge in [-0.1, -0.05) is 12.1 Å². The van der Waals surface area contributed by atoms with Gasteiger partial charge in [0.1, 0.15) is 35.2 Å². The molecule has 4 rings (SSSR count). The number of fused-ring (bicyclic) bond motifs is 1. The molecule has 0 aliphatic rings. The van der Waals surface area contributed by atoms with Crippen molar-refractivity contribution in [3.05, 3.63) is 93.8 Å². The van der Waals surface area contributed by atoms with Gasteiger partial charge in [0.05, 0.1) is 25.2 Å². The zero-order chi connectivity index (χ0) is 23.4. The number of carbonyl (C=O) groups is 1. The number of aryl methyl sites for hydroxylation is 1. The molecule has 0 saturated carbocycles. The van der Waals surface area contributed by atoms with Crippen molar-refractivity contribution < 1.29 is 28.2 Å². The molecule has 0 atom stereocenters. The molecule has 0 aliphatic carbocycles. The summed E-state index contributed by atoms with van der Waals surface area (Å²) in [4.78, 5) is 24.6. The summed E-state index contributed by atoms with van der Waals surface area (Å²) in [6.45, 7) is 2.02. The van der Waals surface area contributed by atoms with Gasteiger partial charge in [-0.2, -0.15) is 0 Å². The molecule has 0 radical (unpaired) electrons. The molecule has 7 nitrogen and oxygen atoms in total. The van der Waals surface area contributed by atoms with E-state index in [1.54, 1.807) is 56.5 Å². The number of benzene rings is 3. The smallest absolute Gasteiger partial charge is 0.337 e. The van der Waals surface area contributed by atoms with E-state index in [9.17, 15) is 9.59 Å². The Kier molecular flexibility index (Phi) is 6.31. The van der Waals surface area contributed by atoms with E-state index in [-0.39, 0.29) is 11.2 Å². The van der Waals surface area contributed by atoms with Crippen molar-refractivity contribution in [2.75, 3.05) is 14.2 Å². The van der Waals surface area contributed by atoms with Gasteiger partial charge in [-0.3, -0.25) is 4.79 Å². The van der Waals surface area contributed by atoms with Gasteiger partial charge < -0.3 is 23.4 Å². The van der Waals surface area contributed by atoms with E-state index in [2.05, 4.69) is 4.74 Å². The summed E-state index contributed by atoms with van der Waals surface area (Å²) < 4.78 is 27.3. The molecule has 0 spiro atoms. The lowest BCUT2D eigenvalue weighted by molar-refractivity contribution is 0.0600. The molecule has 1 aromatic heterocycles. The maximum absolute atomic E-state index is 13.0. The lowest BCUT2D eigenvalue weighted by Gasteiger charge is -2.11. The van der Waals surface area contributed by atoms with Crippen molar-refractivity contribution >= 4 is 16.9 Å². The number of hydrogen-bond donors (Lipinski definition) is 0. The van der Waals surface area contributed by atoms with Crippen molar-refractivity contribution in [3.63, 3.8) is 0 Å². The van der Waals surface area contributed by atoms with Gasteiger partial charge in [-0.15, -0.1) is 0 Å². The molecule has 0 unspecified atom stereocenters. The van der Waals surface area contributed by atoms with Crippen molar-refractivity contribution in [2.24, 2.45) is 0 Å². The number of hydrogen-bond acceptors (Lipinski definition) is 7. The number of rotatable bonds is 7. The fourth-order valence-corrected chi connectivity index (χ4v) is 3.26. The first-order chi connectivity index (χ1) is 16.0. The Bertz CT molecular complexity index is 1340. The zero-order valence-electron chi connectivity index (χ0n) is 18.4. The molecule has 0 amide bonds. The first kappa shape index (κ1) is 22.0. The highest BCUT2D eigenvalue weighted by atomic mass is 16.5. The number of methoxy groups -OCH3 is 2. The molecule has 0 N–H and O–H groups in total. The van der Waals surface area contributed by atoms with Crippen LogP contribution >= 0.6 is 0 Å². The summed E-state index contributed by atoms with van der Waals surface area (Å²) in [6, 6.07) is 18.9. The topological polar surface area (TPSA) is 84.2 Å². The summed E-state index contributed by atoms with van der Waals surface area (Å²) >= 11 is 0. The minimum atomic E-state index is -0.451. The highest BCUT2D eigenvalue weighted by molar-refractivity contribution is 5.89. The zero-order valence-corrected chi connectivity index (χ0v) is 18.4. The first-order valence-corrected chi connectivity index (χ1v) is 10.2. The van der Waals surface area contributed by atoms with Crippen LogP contribution in [0.2, 0.25) is 0 Å². The minimum absolute atomic E-state index is 0.0835. The molecule has 0 aliphatic heterocycles. The minimum Gasteiger partial charge on any atom is -0.497 e. The summed E-state index contributed by atoms with van der Waals surface area (Å²) in [5.41, 5.74) is 1.47. The van der Waals surface area contributed by atoms with E-state index in [0.717, 1.165) is 11.3 Å². The molecular weight excluding hydrogens is 424 g/mol. The van der Waals surface area contributed by atoms with E-state index < -0.39 is 5.97 Å². The van der Waals surface area contributed by atoms with E-state index in [0.29, 0.717) is 40.4 Å². The van der Waals surface area contributed by atoms with Crippen molar-refractivity contribution in [3.8, 4) is 23.0 Å². The number of esters is 1. The van der Waals surface area contributed by atoms with Crippen LogP contribution in [0, 0.1) is 6.92 Å². The average molecular weight is 446 g/mol. The number of ether oxygens (including phenoxy) is 4. The van der Waals surface area contributed by atoms with E-state index in [1.807, 2.05) is 24.3 Å². The highest BCUT2D eigenvalue weighted by Gasteiger charge is 2.15. The Morgan fingerprint density at radius 1 is 0.879 bits per heavy atom. The lowest BCUT2D eigenvalue weighted by atomic mass is 10.2.